The highest BCUT2D eigenvalue weighted by atomic mass is 16.5. The van der Waals surface area contributed by atoms with Crippen LogP contribution in [0.3, 0.4) is 0 Å². The average molecular weight is 372 g/mol. The molecule has 0 aromatic heterocycles. The molecule has 0 saturated carbocycles. The molecule has 0 unspecified atom stereocenters. The van der Waals surface area contributed by atoms with Crippen LogP contribution >= 0.6 is 0 Å². The van der Waals surface area contributed by atoms with Gasteiger partial charge in [-0.2, -0.15) is 0 Å². The van der Waals surface area contributed by atoms with Crippen molar-refractivity contribution >= 4 is 17.5 Å². The highest BCUT2D eigenvalue weighted by Crippen LogP contribution is 2.28. The number of anilines is 1. The molecule has 0 atom stereocenters. The molecule has 2 aromatic rings. The van der Waals surface area contributed by atoms with Crippen LogP contribution in [0.2, 0.25) is 0 Å². The molecule has 0 radical (unpaired) electrons. The van der Waals surface area contributed by atoms with Crippen LogP contribution in [0.5, 0.6) is 17.2 Å². The van der Waals surface area contributed by atoms with E-state index >= 15 is 0 Å². The van der Waals surface area contributed by atoms with Crippen LogP contribution in [0.1, 0.15) is 17.3 Å². The van der Waals surface area contributed by atoms with Crippen molar-refractivity contribution < 1.29 is 23.8 Å². The summed E-state index contributed by atoms with van der Waals surface area (Å²) in [4.78, 5) is 26.2. The lowest BCUT2D eigenvalue weighted by Crippen LogP contribution is -2.37. The summed E-state index contributed by atoms with van der Waals surface area (Å²) < 4.78 is 15.7. The fourth-order valence-corrected chi connectivity index (χ4v) is 2.69. The number of carbonyl (C=O) groups excluding carboxylic acids is 2. The molecule has 2 aromatic carbocycles. The Balaban J connectivity index is 2.09. The first kappa shape index (κ1) is 20.1. The molecule has 1 N–H and O–H groups in total. The lowest BCUT2D eigenvalue weighted by atomic mass is 10.1. The first-order chi connectivity index (χ1) is 13.0. The van der Waals surface area contributed by atoms with Gasteiger partial charge in [-0.05, 0) is 24.3 Å². The second kappa shape index (κ2) is 9.47. The van der Waals surface area contributed by atoms with Gasteiger partial charge in [0.25, 0.3) is 5.91 Å². The van der Waals surface area contributed by atoms with Gasteiger partial charge in [-0.3, -0.25) is 9.59 Å². The van der Waals surface area contributed by atoms with Crippen LogP contribution in [0.15, 0.2) is 42.5 Å². The minimum Gasteiger partial charge on any atom is -0.497 e. The van der Waals surface area contributed by atoms with Gasteiger partial charge >= 0.3 is 0 Å². The quantitative estimate of drug-likeness (QED) is 0.770. The Morgan fingerprint density at radius 1 is 0.963 bits per heavy atom. The molecule has 2 amide bonds. The maximum absolute atomic E-state index is 12.6. The smallest absolute Gasteiger partial charge is 0.258 e. The Morgan fingerprint density at radius 3 is 2.15 bits per heavy atom. The summed E-state index contributed by atoms with van der Waals surface area (Å²) in [5, 5.41) is 2.81. The average Bonchev–Trinajstić information content (AvgIpc) is 2.69. The maximum atomic E-state index is 12.6. The molecule has 144 valence electrons. The molecular weight excluding hydrogens is 348 g/mol. The highest BCUT2D eigenvalue weighted by Gasteiger charge is 2.19. The zero-order chi connectivity index (χ0) is 19.8. The van der Waals surface area contributed by atoms with Crippen LogP contribution in [0.25, 0.3) is 0 Å². The van der Waals surface area contributed by atoms with Crippen LogP contribution in [0.4, 0.5) is 5.69 Å². The van der Waals surface area contributed by atoms with E-state index < -0.39 is 0 Å². The lowest BCUT2D eigenvalue weighted by Gasteiger charge is -2.22. The second-order valence-electron chi connectivity index (χ2n) is 5.67. The number of ether oxygens (including phenoxy) is 3. The van der Waals surface area contributed by atoms with Crippen molar-refractivity contribution in [3.8, 4) is 17.2 Å². The molecular formula is C20H24N2O5. The Kier molecular flexibility index (Phi) is 7.05. The van der Waals surface area contributed by atoms with E-state index in [1.54, 1.807) is 42.3 Å². The van der Waals surface area contributed by atoms with E-state index in [2.05, 4.69) is 5.32 Å². The van der Waals surface area contributed by atoms with Crippen molar-refractivity contribution in [2.24, 2.45) is 0 Å². The van der Waals surface area contributed by atoms with E-state index in [0.29, 0.717) is 35.0 Å². The summed E-state index contributed by atoms with van der Waals surface area (Å²) in [6.07, 6.45) is 0. The van der Waals surface area contributed by atoms with E-state index in [-0.39, 0.29) is 18.4 Å². The summed E-state index contributed by atoms with van der Waals surface area (Å²) in [6.45, 7) is 2.05. The van der Waals surface area contributed by atoms with E-state index in [0.717, 1.165) is 0 Å². The number of rotatable bonds is 8. The summed E-state index contributed by atoms with van der Waals surface area (Å²) in [7, 11) is 4.55. The third kappa shape index (κ3) is 4.91. The molecule has 0 saturated heterocycles. The normalized spacial score (nSPS) is 10.1. The highest BCUT2D eigenvalue weighted by molar-refractivity contribution is 6.00. The van der Waals surface area contributed by atoms with Gasteiger partial charge in [0.1, 0.15) is 22.8 Å². The zero-order valence-corrected chi connectivity index (χ0v) is 15.9. The number of benzene rings is 2. The van der Waals surface area contributed by atoms with E-state index in [4.69, 9.17) is 14.2 Å². The van der Waals surface area contributed by atoms with Gasteiger partial charge in [-0.25, -0.2) is 0 Å². The summed E-state index contributed by atoms with van der Waals surface area (Å²) in [5.74, 6) is 1.03. The molecule has 0 heterocycles. The number of hydrogen-bond acceptors (Lipinski definition) is 5. The molecule has 0 bridgehead atoms. The van der Waals surface area contributed by atoms with Gasteiger partial charge in [0.2, 0.25) is 5.91 Å². The molecule has 0 aliphatic heterocycles. The van der Waals surface area contributed by atoms with E-state index in [9.17, 15) is 9.59 Å². The number of hydrogen-bond donors (Lipinski definition) is 1. The van der Waals surface area contributed by atoms with Crippen LogP contribution in [-0.2, 0) is 4.79 Å². The Bertz CT molecular complexity index is 784. The third-order valence-electron chi connectivity index (χ3n) is 4.02. The predicted molar refractivity (Wildman–Crippen MR) is 103 cm³/mol. The van der Waals surface area contributed by atoms with E-state index in [1.165, 1.54) is 21.1 Å². The van der Waals surface area contributed by atoms with Gasteiger partial charge < -0.3 is 24.4 Å². The SMILES string of the molecule is COc1cccc(N(CCNC(=O)c2c(OC)cccc2OC)C(C)=O)c1. The van der Waals surface area contributed by atoms with Crippen LogP contribution in [0, 0.1) is 0 Å². The number of carbonyl (C=O) groups is 2. The van der Waals surface area contributed by atoms with Gasteiger partial charge in [-0.1, -0.05) is 12.1 Å². The summed E-state index contributed by atoms with van der Waals surface area (Å²) in [6, 6.07) is 12.3. The first-order valence-corrected chi connectivity index (χ1v) is 8.43. The molecule has 0 fully saturated rings. The molecule has 0 aliphatic rings. The van der Waals surface area contributed by atoms with Gasteiger partial charge in [0.15, 0.2) is 0 Å². The zero-order valence-electron chi connectivity index (χ0n) is 15.9. The van der Waals surface area contributed by atoms with Gasteiger partial charge in [0.05, 0.1) is 21.3 Å². The molecule has 27 heavy (non-hydrogen) atoms. The monoisotopic (exact) mass is 372 g/mol. The largest absolute Gasteiger partial charge is 0.497 e. The Morgan fingerprint density at radius 2 is 1.59 bits per heavy atom. The fraction of sp³-hybridized carbons (Fsp3) is 0.300. The van der Waals surface area contributed by atoms with Gasteiger partial charge in [0, 0.05) is 31.8 Å². The Labute approximate surface area is 158 Å². The Hall–Kier alpha value is -3.22. The molecule has 0 aliphatic carbocycles. The molecule has 0 spiro atoms. The molecule has 2 rings (SSSR count). The second-order valence-corrected chi connectivity index (χ2v) is 5.67. The standard InChI is InChI=1S/C20H24N2O5/c1-14(23)22(15-7-5-8-16(13-15)25-2)12-11-21-20(24)19-17(26-3)9-6-10-18(19)27-4/h5-10,13H,11-12H2,1-4H3,(H,21,24). The van der Waals surface area contributed by atoms with Crippen molar-refractivity contribution in [3.05, 3.63) is 48.0 Å². The fourth-order valence-electron chi connectivity index (χ4n) is 2.69. The van der Waals surface area contributed by atoms with Crippen LogP contribution in [-0.4, -0.2) is 46.2 Å². The number of nitrogens with zero attached hydrogens (tertiary/aromatic N) is 1. The number of nitrogens with one attached hydrogen (secondary N) is 1. The van der Waals surface area contributed by atoms with Crippen molar-refractivity contribution in [1.29, 1.82) is 0 Å². The topological polar surface area (TPSA) is 77.1 Å². The minimum absolute atomic E-state index is 0.132. The minimum atomic E-state index is -0.335. The number of amides is 2. The van der Waals surface area contributed by atoms with Crippen LogP contribution < -0.4 is 24.4 Å². The maximum Gasteiger partial charge on any atom is 0.258 e. The number of methoxy groups -OCH3 is 3. The molecule has 7 nitrogen and oxygen atoms in total. The van der Waals surface area contributed by atoms with Crippen molar-refractivity contribution in [2.75, 3.05) is 39.3 Å². The summed E-state index contributed by atoms with van der Waals surface area (Å²) >= 11 is 0. The van der Waals surface area contributed by atoms with Crippen molar-refractivity contribution in [2.45, 2.75) is 6.92 Å². The molecule has 7 heteroatoms. The predicted octanol–water partition coefficient (Wildman–Crippen LogP) is 2.50. The lowest BCUT2D eigenvalue weighted by molar-refractivity contribution is -0.116. The summed E-state index contributed by atoms with van der Waals surface area (Å²) in [5.41, 5.74) is 1.02. The van der Waals surface area contributed by atoms with Crippen molar-refractivity contribution in [3.63, 3.8) is 0 Å². The van der Waals surface area contributed by atoms with Crippen molar-refractivity contribution in [1.82, 2.24) is 5.32 Å². The first-order valence-electron chi connectivity index (χ1n) is 8.43. The third-order valence-corrected chi connectivity index (χ3v) is 4.02. The van der Waals surface area contributed by atoms with E-state index in [1.807, 2.05) is 12.1 Å². The van der Waals surface area contributed by atoms with Gasteiger partial charge in [-0.15, -0.1) is 0 Å².